The Kier molecular flexibility index (Phi) is 3.23. The largest absolute Gasteiger partial charge is 0.496 e. The summed E-state index contributed by atoms with van der Waals surface area (Å²) in [5, 5.41) is 0. The zero-order valence-corrected chi connectivity index (χ0v) is 9.31. The van der Waals surface area contributed by atoms with E-state index in [4.69, 9.17) is 4.74 Å². The predicted octanol–water partition coefficient (Wildman–Crippen LogP) is 3.92. The van der Waals surface area contributed by atoms with E-state index in [9.17, 15) is 17.6 Å². The van der Waals surface area contributed by atoms with Crippen LogP contribution < -0.4 is 4.74 Å². The van der Waals surface area contributed by atoms with Gasteiger partial charge in [0.2, 0.25) is 0 Å². The van der Waals surface area contributed by atoms with Crippen LogP contribution in [-0.2, 0) is 0 Å². The van der Waals surface area contributed by atoms with Gasteiger partial charge in [-0.2, -0.15) is 0 Å². The quantitative estimate of drug-likeness (QED) is 0.449. The normalized spacial score (nSPS) is 10.5. The van der Waals surface area contributed by atoms with Gasteiger partial charge in [-0.15, -0.1) is 0 Å². The molecule has 0 bridgehead atoms. The molecule has 0 aliphatic heterocycles. The summed E-state index contributed by atoms with van der Waals surface area (Å²) in [7, 11) is 1.34. The van der Waals surface area contributed by atoms with Gasteiger partial charge >= 0.3 is 0 Å². The van der Waals surface area contributed by atoms with Gasteiger partial charge in [0.05, 0.1) is 7.11 Å². The Bertz CT molecular complexity index is 596. The molecule has 0 saturated carbocycles. The zero-order valence-electron chi connectivity index (χ0n) is 9.31. The second-order valence-electron chi connectivity index (χ2n) is 3.55. The monoisotopic (exact) mass is 256 g/mol. The van der Waals surface area contributed by atoms with Gasteiger partial charge in [-0.3, -0.25) is 0 Å². The highest BCUT2D eigenvalue weighted by atomic mass is 19.2. The molecule has 0 aliphatic carbocycles. The van der Waals surface area contributed by atoms with E-state index >= 15 is 0 Å². The number of methoxy groups -OCH3 is 1. The van der Waals surface area contributed by atoms with Crippen molar-refractivity contribution in [2.45, 2.75) is 0 Å². The molecule has 18 heavy (non-hydrogen) atoms. The lowest BCUT2D eigenvalue weighted by Crippen LogP contribution is -1.99. The number of hydrogen-bond acceptors (Lipinski definition) is 1. The summed E-state index contributed by atoms with van der Waals surface area (Å²) < 4.78 is 57.7. The molecule has 0 fully saturated rings. The second kappa shape index (κ2) is 4.68. The molecule has 5 heteroatoms. The van der Waals surface area contributed by atoms with E-state index in [0.717, 1.165) is 0 Å². The topological polar surface area (TPSA) is 9.23 Å². The number of halogens is 4. The fraction of sp³-hybridized carbons (Fsp3) is 0.0769. The molecule has 2 aromatic carbocycles. The molecular weight excluding hydrogens is 248 g/mol. The number of benzene rings is 2. The standard InChI is InChI=1S/C13H8F4O/c1-18-10-5-3-2-4-7(10)8-6-9(14)12(16)13(17)11(8)15/h2-6H,1H3. The molecule has 0 aromatic heterocycles. The molecule has 94 valence electrons. The average molecular weight is 256 g/mol. The Morgan fingerprint density at radius 2 is 1.50 bits per heavy atom. The lowest BCUT2D eigenvalue weighted by Gasteiger charge is -2.10. The molecule has 0 heterocycles. The SMILES string of the molecule is COc1ccccc1-c1cc(F)c(F)c(F)c1F. The van der Waals surface area contributed by atoms with Crippen LogP contribution in [0.2, 0.25) is 0 Å². The van der Waals surface area contributed by atoms with Crippen LogP contribution in [0.4, 0.5) is 17.6 Å². The van der Waals surface area contributed by atoms with Gasteiger partial charge in [0.15, 0.2) is 23.3 Å². The summed E-state index contributed by atoms with van der Waals surface area (Å²) in [6.45, 7) is 0. The van der Waals surface area contributed by atoms with Crippen molar-refractivity contribution in [1.29, 1.82) is 0 Å². The van der Waals surface area contributed by atoms with Crippen LogP contribution in [0.5, 0.6) is 5.75 Å². The second-order valence-corrected chi connectivity index (χ2v) is 3.55. The summed E-state index contributed by atoms with van der Waals surface area (Å²) in [4.78, 5) is 0. The molecule has 0 amide bonds. The third kappa shape index (κ3) is 1.92. The Labute approximate surface area is 101 Å². The van der Waals surface area contributed by atoms with Crippen molar-refractivity contribution in [3.8, 4) is 16.9 Å². The van der Waals surface area contributed by atoms with Crippen molar-refractivity contribution >= 4 is 0 Å². The molecule has 0 N–H and O–H groups in total. The lowest BCUT2D eigenvalue weighted by molar-refractivity contribution is 0.407. The van der Waals surface area contributed by atoms with Crippen LogP contribution >= 0.6 is 0 Å². The molecule has 0 unspecified atom stereocenters. The first-order chi connectivity index (χ1) is 8.56. The van der Waals surface area contributed by atoms with Gasteiger partial charge in [-0.05, 0) is 12.1 Å². The number of ether oxygens (including phenoxy) is 1. The third-order valence-corrected chi connectivity index (χ3v) is 2.50. The maximum absolute atomic E-state index is 13.6. The average Bonchev–Trinajstić information content (AvgIpc) is 2.40. The number of rotatable bonds is 2. The highest BCUT2D eigenvalue weighted by molar-refractivity contribution is 5.71. The van der Waals surface area contributed by atoms with Crippen LogP contribution in [0.1, 0.15) is 0 Å². The van der Waals surface area contributed by atoms with E-state index in [1.54, 1.807) is 12.1 Å². The van der Waals surface area contributed by atoms with Gasteiger partial charge in [0, 0.05) is 11.1 Å². The van der Waals surface area contributed by atoms with Gasteiger partial charge < -0.3 is 4.74 Å². The Morgan fingerprint density at radius 1 is 0.833 bits per heavy atom. The predicted molar refractivity (Wildman–Crippen MR) is 58.3 cm³/mol. The zero-order chi connectivity index (χ0) is 13.3. The minimum absolute atomic E-state index is 0.148. The smallest absolute Gasteiger partial charge is 0.198 e. The van der Waals surface area contributed by atoms with E-state index < -0.39 is 23.3 Å². The molecular formula is C13H8F4O. The van der Waals surface area contributed by atoms with Crippen LogP contribution in [0, 0.1) is 23.3 Å². The summed E-state index contributed by atoms with van der Waals surface area (Å²) >= 11 is 0. The molecule has 0 spiro atoms. The molecule has 0 atom stereocenters. The van der Waals surface area contributed by atoms with Crippen LogP contribution in [-0.4, -0.2) is 7.11 Å². The first kappa shape index (κ1) is 12.4. The molecule has 0 saturated heterocycles. The summed E-state index contributed by atoms with van der Waals surface area (Å²) in [5.74, 6) is -6.32. The fourth-order valence-electron chi connectivity index (χ4n) is 1.64. The summed E-state index contributed by atoms with van der Waals surface area (Å²) in [6, 6.07) is 6.71. The van der Waals surface area contributed by atoms with Crippen molar-refractivity contribution in [1.82, 2.24) is 0 Å². The van der Waals surface area contributed by atoms with Gasteiger partial charge in [-0.1, -0.05) is 18.2 Å². The van der Waals surface area contributed by atoms with Crippen LogP contribution in [0.15, 0.2) is 30.3 Å². The summed E-state index contributed by atoms with van der Waals surface area (Å²) in [6.07, 6.45) is 0. The molecule has 1 nitrogen and oxygen atoms in total. The number of hydrogen-bond donors (Lipinski definition) is 0. The number of para-hydroxylation sites is 1. The molecule has 0 aliphatic rings. The summed E-state index contributed by atoms with van der Waals surface area (Å²) in [5.41, 5.74) is -0.237. The molecule has 2 rings (SSSR count). The Balaban J connectivity index is 2.72. The first-order valence-electron chi connectivity index (χ1n) is 5.02. The van der Waals surface area contributed by atoms with Crippen molar-refractivity contribution in [3.05, 3.63) is 53.6 Å². The van der Waals surface area contributed by atoms with Crippen LogP contribution in [0.25, 0.3) is 11.1 Å². The van der Waals surface area contributed by atoms with Crippen molar-refractivity contribution in [3.63, 3.8) is 0 Å². The maximum Gasteiger partial charge on any atom is 0.198 e. The first-order valence-corrected chi connectivity index (χ1v) is 5.02. The minimum atomic E-state index is -1.84. The highest BCUT2D eigenvalue weighted by Crippen LogP contribution is 2.33. The van der Waals surface area contributed by atoms with Crippen LogP contribution in [0.3, 0.4) is 0 Å². The maximum atomic E-state index is 13.6. The van der Waals surface area contributed by atoms with Crippen molar-refractivity contribution in [2.24, 2.45) is 0 Å². The molecule has 2 aromatic rings. The molecule has 0 radical (unpaired) electrons. The van der Waals surface area contributed by atoms with Gasteiger partial charge in [0.25, 0.3) is 0 Å². The Hall–Kier alpha value is -2.04. The van der Waals surface area contributed by atoms with E-state index in [0.29, 0.717) is 6.07 Å². The van der Waals surface area contributed by atoms with Crippen molar-refractivity contribution in [2.75, 3.05) is 7.11 Å². The van der Waals surface area contributed by atoms with Crippen molar-refractivity contribution < 1.29 is 22.3 Å². The highest BCUT2D eigenvalue weighted by Gasteiger charge is 2.21. The van der Waals surface area contributed by atoms with Gasteiger partial charge in [-0.25, -0.2) is 17.6 Å². The van der Waals surface area contributed by atoms with E-state index in [1.807, 2.05) is 0 Å². The lowest BCUT2D eigenvalue weighted by atomic mass is 10.0. The third-order valence-electron chi connectivity index (χ3n) is 2.50. The van der Waals surface area contributed by atoms with E-state index in [-0.39, 0.29) is 16.9 Å². The fourth-order valence-corrected chi connectivity index (χ4v) is 1.64. The van der Waals surface area contributed by atoms with E-state index in [1.165, 1.54) is 19.2 Å². The van der Waals surface area contributed by atoms with Gasteiger partial charge in [0.1, 0.15) is 5.75 Å². The minimum Gasteiger partial charge on any atom is -0.496 e. The van der Waals surface area contributed by atoms with E-state index in [2.05, 4.69) is 0 Å². The Morgan fingerprint density at radius 3 is 2.17 bits per heavy atom.